The fraction of sp³-hybridized carbons (Fsp3) is 0.462. The molecule has 1 heterocycles. The molecule has 0 amide bonds. The van der Waals surface area contributed by atoms with Crippen molar-refractivity contribution in [3.8, 4) is 0 Å². The Labute approximate surface area is 102 Å². The molecule has 4 nitrogen and oxygen atoms in total. The first kappa shape index (κ1) is 11.9. The zero-order chi connectivity index (χ0) is 12.4. The average molecular weight is 233 g/mol. The van der Waals surface area contributed by atoms with Crippen LogP contribution in [0.5, 0.6) is 0 Å². The highest BCUT2D eigenvalue weighted by atomic mass is 16.1. The largest absolute Gasteiger partial charge is 0.398 e. The Morgan fingerprint density at radius 1 is 1.24 bits per heavy atom. The average Bonchev–Trinajstić information content (AvgIpc) is 2.29. The van der Waals surface area contributed by atoms with Gasteiger partial charge in [-0.05, 0) is 26.1 Å². The Balaban J connectivity index is 2.32. The predicted octanol–water partition coefficient (Wildman–Crippen LogP) is 1.22. The summed E-state index contributed by atoms with van der Waals surface area (Å²) in [5.74, 6) is 0.0389. The highest BCUT2D eigenvalue weighted by Crippen LogP contribution is 2.27. The number of ketones is 1. The molecule has 0 spiro atoms. The summed E-state index contributed by atoms with van der Waals surface area (Å²) in [4.78, 5) is 16.2. The van der Waals surface area contributed by atoms with Gasteiger partial charge in [0.25, 0.3) is 0 Å². The molecular formula is C13H19N3O. The third kappa shape index (κ3) is 2.42. The Bertz CT molecular complexity index is 423. The molecule has 1 aliphatic rings. The minimum absolute atomic E-state index is 0.0389. The molecule has 1 aromatic rings. The van der Waals surface area contributed by atoms with E-state index >= 15 is 0 Å². The fourth-order valence-corrected chi connectivity index (χ4v) is 2.25. The van der Waals surface area contributed by atoms with Crippen LogP contribution in [0.15, 0.2) is 18.2 Å². The molecule has 92 valence electrons. The van der Waals surface area contributed by atoms with Crippen LogP contribution in [0.4, 0.5) is 11.4 Å². The first-order chi connectivity index (χ1) is 8.09. The van der Waals surface area contributed by atoms with Gasteiger partial charge in [0.05, 0.1) is 5.56 Å². The third-order valence-corrected chi connectivity index (χ3v) is 3.27. The van der Waals surface area contributed by atoms with Crippen LogP contribution in [0.25, 0.3) is 0 Å². The van der Waals surface area contributed by atoms with Gasteiger partial charge in [-0.3, -0.25) is 4.79 Å². The van der Waals surface area contributed by atoms with Gasteiger partial charge in [0.2, 0.25) is 0 Å². The van der Waals surface area contributed by atoms with Crippen molar-refractivity contribution in [2.45, 2.75) is 6.92 Å². The topological polar surface area (TPSA) is 49.6 Å². The van der Waals surface area contributed by atoms with Gasteiger partial charge >= 0.3 is 0 Å². The van der Waals surface area contributed by atoms with E-state index in [2.05, 4.69) is 16.8 Å². The van der Waals surface area contributed by atoms with Crippen molar-refractivity contribution in [2.24, 2.45) is 0 Å². The van der Waals surface area contributed by atoms with Crippen LogP contribution in [0, 0.1) is 0 Å². The Kier molecular flexibility index (Phi) is 3.33. The van der Waals surface area contributed by atoms with Crippen molar-refractivity contribution in [1.82, 2.24) is 4.90 Å². The lowest BCUT2D eigenvalue weighted by Crippen LogP contribution is -2.45. The smallest absolute Gasteiger partial charge is 0.163 e. The van der Waals surface area contributed by atoms with Crippen LogP contribution in [0.3, 0.4) is 0 Å². The molecule has 1 saturated heterocycles. The van der Waals surface area contributed by atoms with Gasteiger partial charge in [0.1, 0.15) is 0 Å². The molecule has 0 atom stereocenters. The zero-order valence-corrected chi connectivity index (χ0v) is 10.4. The molecule has 0 radical (unpaired) electrons. The molecule has 0 saturated carbocycles. The quantitative estimate of drug-likeness (QED) is 0.616. The first-order valence-electron chi connectivity index (χ1n) is 5.92. The van der Waals surface area contributed by atoms with Crippen LogP contribution in [-0.4, -0.2) is 43.9 Å². The number of likely N-dealkylation sites (N-methyl/N-ethyl adjacent to an activating group) is 1. The normalized spacial score (nSPS) is 17.2. The van der Waals surface area contributed by atoms with Crippen LogP contribution < -0.4 is 10.6 Å². The lowest BCUT2D eigenvalue weighted by Gasteiger charge is -2.35. The SMILES string of the molecule is CC(=O)c1c(N)cccc1N1CCN(C)CC1. The maximum Gasteiger partial charge on any atom is 0.163 e. The van der Waals surface area contributed by atoms with E-state index < -0.39 is 0 Å². The monoisotopic (exact) mass is 233 g/mol. The van der Waals surface area contributed by atoms with E-state index in [4.69, 9.17) is 5.73 Å². The second kappa shape index (κ2) is 4.75. The number of nitrogens with two attached hydrogens (primary N) is 1. The maximum atomic E-state index is 11.7. The minimum atomic E-state index is 0.0389. The van der Waals surface area contributed by atoms with Gasteiger partial charge in [0, 0.05) is 37.6 Å². The lowest BCUT2D eigenvalue weighted by molar-refractivity contribution is 0.101. The summed E-state index contributed by atoms with van der Waals surface area (Å²) in [5, 5.41) is 0. The maximum absolute atomic E-state index is 11.7. The number of hydrogen-bond acceptors (Lipinski definition) is 4. The number of nitrogen functional groups attached to an aromatic ring is 1. The van der Waals surface area contributed by atoms with Gasteiger partial charge in [-0.15, -0.1) is 0 Å². The number of carbonyl (C=O) groups excluding carboxylic acids is 1. The van der Waals surface area contributed by atoms with Crippen LogP contribution in [0.2, 0.25) is 0 Å². The molecule has 0 unspecified atom stereocenters. The number of anilines is 2. The predicted molar refractivity (Wildman–Crippen MR) is 70.6 cm³/mol. The minimum Gasteiger partial charge on any atom is -0.398 e. The molecule has 0 aromatic heterocycles. The van der Waals surface area contributed by atoms with E-state index in [-0.39, 0.29) is 5.78 Å². The van der Waals surface area contributed by atoms with Gasteiger partial charge in [0.15, 0.2) is 5.78 Å². The van der Waals surface area contributed by atoms with E-state index in [0.29, 0.717) is 11.3 Å². The highest BCUT2D eigenvalue weighted by Gasteiger charge is 2.19. The van der Waals surface area contributed by atoms with E-state index in [1.807, 2.05) is 12.1 Å². The number of piperazine rings is 1. The molecule has 4 heteroatoms. The molecular weight excluding hydrogens is 214 g/mol. The molecule has 1 aliphatic heterocycles. The number of rotatable bonds is 2. The number of nitrogens with zero attached hydrogens (tertiary/aromatic N) is 2. The van der Waals surface area contributed by atoms with Gasteiger partial charge in [-0.25, -0.2) is 0 Å². The van der Waals surface area contributed by atoms with Crippen molar-refractivity contribution in [1.29, 1.82) is 0 Å². The van der Waals surface area contributed by atoms with Gasteiger partial charge < -0.3 is 15.5 Å². The molecule has 1 fully saturated rings. The summed E-state index contributed by atoms with van der Waals surface area (Å²) < 4.78 is 0. The van der Waals surface area contributed by atoms with Gasteiger partial charge in [-0.2, -0.15) is 0 Å². The molecule has 0 aliphatic carbocycles. The highest BCUT2D eigenvalue weighted by molar-refractivity contribution is 6.04. The number of benzene rings is 1. The van der Waals surface area contributed by atoms with E-state index in [1.165, 1.54) is 0 Å². The second-order valence-electron chi connectivity index (χ2n) is 4.59. The molecule has 2 rings (SSSR count). The summed E-state index contributed by atoms with van der Waals surface area (Å²) in [6, 6.07) is 5.68. The summed E-state index contributed by atoms with van der Waals surface area (Å²) in [5.41, 5.74) is 8.12. The fourth-order valence-electron chi connectivity index (χ4n) is 2.25. The van der Waals surface area contributed by atoms with Crippen LogP contribution in [0.1, 0.15) is 17.3 Å². The number of Topliss-reactive ketones (excluding diaryl/α,β-unsaturated/α-hetero) is 1. The molecule has 17 heavy (non-hydrogen) atoms. The number of carbonyl (C=O) groups is 1. The van der Waals surface area contributed by atoms with Crippen molar-refractivity contribution in [3.05, 3.63) is 23.8 Å². The van der Waals surface area contributed by atoms with Crippen molar-refractivity contribution in [3.63, 3.8) is 0 Å². The van der Waals surface area contributed by atoms with Crippen molar-refractivity contribution < 1.29 is 4.79 Å². The Morgan fingerprint density at radius 2 is 1.88 bits per heavy atom. The molecule has 1 aromatic carbocycles. The lowest BCUT2D eigenvalue weighted by atomic mass is 10.1. The van der Waals surface area contributed by atoms with Crippen molar-refractivity contribution in [2.75, 3.05) is 43.9 Å². The summed E-state index contributed by atoms with van der Waals surface area (Å²) in [7, 11) is 2.11. The molecule has 0 bridgehead atoms. The van der Waals surface area contributed by atoms with Crippen LogP contribution in [-0.2, 0) is 0 Å². The standard InChI is InChI=1S/C13H19N3O/c1-10(17)13-11(14)4-3-5-12(13)16-8-6-15(2)7-9-16/h3-5H,6-9,14H2,1-2H3. The molecule has 2 N–H and O–H groups in total. The summed E-state index contributed by atoms with van der Waals surface area (Å²) in [6.07, 6.45) is 0. The second-order valence-corrected chi connectivity index (χ2v) is 4.59. The van der Waals surface area contributed by atoms with E-state index in [1.54, 1.807) is 13.0 Å². The Hall–Kier alpha value is -1.55. The summed E-state index contributed by atoms with van der Waals surface area (Å²) in [6.45, 7) is 5.50. The van der Waals surface area contributed by atoms with Crippen LogP contribution >= 0.6 is 0 Å². The van der Waals surface area contributed by atoms with E-state index in [9.17, 15) is 4.79 Å². The van der Waals surface area contributed by atoms with E-state index in [0.717, 1.165) is 31.9 Å². The third-order valence-electron chi connectivity index (χ3n) is 3.27. The number of hydrogen-bond donors (Lipinski definition) is 1. The summed E-state index contributed by atoms with van der Waals surface area (Å²) >= 11 is 0. The van der Waals surface area contributed by atoms with Gasteiger partial charge in [-0.1, -0.05) is 6.07 Å². The van der Waals surface area contributed by atoms with Crippen molar-refractivity contribution >= 4 is 17.2 Å². The zero-order valence-electron chi connectivity index (χ0n) is 10.4. The Morgan fingerprint density at radius 3 is 2.47 bits per heavy atom. The first-order valence-corrected chi connectivity index (χ1v) is 5.92.